The van der Waals surface area contributed by atoms with Gasteiger partial charge < -0.3 is 10.6 Å². The Morgan fingerprint density at radius 3 is 2.52 bits per heavy atom. The van der Waals surface area contributed by atoms with Gasteiger partial charge in [0.05, 0.1) is 0 Å². The molecule has 0 amide bonds. The lowest BCUT2D eigenvalue weighted by molar-refractivity contribution is 0.719. The zero-order valence-electron chi connectivity index (χ0n) is 12.5. The van der Waals surface area contributed by atoms with Gasteiger partial charge in [0, 0.05) is 24.8 Å². The van der Waals surface area contributed by atoms with Crippen LogP contribution in [0.4, 0.5) is 5.69 Å². The molecule has 2 nitrogen and oxygen atoms in total. The van der Waals surface area contributed by atoms with Crippen LogP contribution in [-0.4, -0.2) is 18.6 Å². The van der Waals surface area contributed by atoms with Crippen molar-refractivity contribution < 1.29 is 0 Å². The molecule has 0 aliphatic heterocycles. The summed E-state index contributed by atoms with van der Waals surface area (Å²) < 4.78 is 0. The molecule has 0 heterocycles. The first-order chi connectivity index (χ1) is 10.2. The molecule has 0 aromatic heterocycles. The van der Waals surface area contributed by atoms with E-state index in [1.807, 2.05) is 12.1 Å². The third kappa shape index (κ3) is 4.87. The summed E-state index contributed by atoms with van der Waals surface area (Å²) in [6.45, 7) is 1.04. The number of nitrogens with two attached hydrogens (primary N) is 1. The van der Waals surface area contributed by atoms with Gasteiger partial charge in [0.2, 0.25) is 0 Å². The van der Waals surface area contributed by atoms with Crippen molar-refractivity contribution in [3.63, 3.8) is 0 Å². The van der Waals surface area contributed by atoms with Crippen LogP contribution >= 0.6 is 12.2 Å². The molecule has 2 aromatic rings. The van der Waals surface area contributed by atoms with Gasteiger partial charge in [0.25, 0.3) is 0 Å². The number of hydrogen-bond donors (Lipinski definition) is 1. The molecule has 0 aliphatic carbocycles. The molecule has 21 heavy (non-hydrogen) atoms. The summed E-state index contributed by atoms with van der Waals surface area (Å²) in [5, 5.41) is 0. The third-order valence-electron chi connectivity index (χ3n) is 3.62. The fraction of sp³-hybridized carbons (Fsp3) is 0.278. The van der Waals surface area contributed by atoms with Crippen molar-refractivity contribution in [1.82, 2.24) is 0 Å². The summed E-state index contributed by atoms with van der Waals surface area (Å²) in [5.41, 5.74) is 9.19. The Kier molecular flexibility index (Phi) is 5.76. The molecule has 0 bridgehead atoms. The molecule has 2 aromatic carbocycles. The van der Waals surface area contributed by atoms with Crippen molar-refractivity contribution in [2.75, 3.05) is 18.5 Å². The van der Waals surface area contributed by atoms with Crippen LogP contribution in [0, 0.1) is 0 Å². The van der Waals surface area contributed by atoms with Gasteiger partial charge in [-0.25, -0.2) is 0 Å². The van der Waals surface area contributed by atoms with Crippen molar-refractivity contribution in [2.45, 2.75) is 19.3 Å². The Labute approximate surface area is 132 Å². The monoisotopic (exact) mass is 298 g/mol. The fourth-order valence-electron chi connectivity index (χ4n) is 2.35. The van der Waals surface area contributed by atoms with Crippen LogP contribution in [0.2, 0.25) is 0 Å². The normalized spacial score (nSPS) is 10.3. The van der Waals surface area contributed by atoms with Gasteiger partial charge in [0.1, 0.15) is 4.99 Å². The summed E-state index contributed by atoms with van der Waals surface area (Å²) in [7, 11) is 2.11. The van der Waals surface area contributed by atoms with Crippen molar-refractivity contribution in [3.05, 3.63) is 65.7 Å². The van der Waals surface area contributed by atoms with Gasteiger partial charge in [-0.1, -0.05) is 54.7 Å². The molecule has 2 N–H and O–H groups in total. The predicted octanol–water partition coefficient (Wildman–Crippen LogP) is 3.78. The number of benzene rings is 2. The maximum atomic E-state index is 5.68. The molecule has 0 saturated heterocycles. The maximum Gasteiger partial charge on any atom is 0.104 e. The molecule has 0 fully saturated rings. The molecule has 110 valence electrons. The summed E-state index contributed by atoms with van der Waals surface area (Å²) in [6.07, 6.45) is 3.51. The minimum Gasteiger partial charge on any atom is -0.389 e. The summed E-state index contributed by atoms with van der Waals surface area (Å²) in [5.74, 6) is 0. The number of anilines is 1. The number of rotatable bonds is 7. The van der Waals surface area contributed by atoms with E-state index in [1.165, 1.54) is 24.1 Å². The molecule has 3 heteroatoms. The standard InChI is InChI=1S/C18H22N2S/c1-20(17-12-7-11-16(14-17)18(19)21)13-6-5-10-15-8-3-2-4-9-15/h2-4,7-9,11-12,14H,5-6,10,13H2,1H3,(H2,19,21). The van der Waals surface area contributed by atoms with Crippen LogP contribution in [0.1, 0.15) is 24.0 Å². The number of hydrogen-bond acceptors (Lipinski definition) is 2. The summed E-state index contributed by atoms with van der Waals surface area (Å²) in [4.78, 5) is 2.71. The Balaban J connectivity index is 1.80. The van der Waals surface area contributed by atoms with Gasteiger partial charge >= 0.3 is 0 Å². The van der Waals surface area contributed by atoms with Crippen LogP contribution in [0.3, 0.4) is 0 Å². The average Bonchev–Trinajstić information content (AvgIpc) is 2.52. The topological polar surface area (TPSA) is 29.3 Å². The fourth-order valence-corrected chi connectivity index (χ4v) is 2.48. The number of nitrogens with zero attached hydrogens (tertiary/aromatic N) is 1. The van der Waals surface area contributed by atoms with Gasteiger partial charge in [0.15, 0.2) is 0 Å². The third-order valence-corrected chi connectivity index (χ3v) is 3.86. The lowest BCUT2D eigenvalue weighted by Gasteiger charge is -2.20. The van der Waals surface area contributed by atoms with E-state index in [0.717, 1.165) is 18.5 Å². The number of aryl methyl sites for hydroxylation is 1. The number of thiocarbonyl (C=S) groups is 1. The molecular formula is C18H22N2S. The van der Waals surface area contributed by atoms with Crippen LogP contribution in [0.5, 0.6) is 0 Å². The second-order valence-electron chi connectivity index (χ2n) is 5.28. The van der Waals surface area contributed by atoms with Crippen molar-refractivity contribution in [2.24, 2.45) is 5.73 Å². The Bertz CT molecular complexity index is 581. The number of unbranched alkanes of at least 4 members (excludes halogenated alkanes) is 1. The van der Waals surface area contributed by atoms with E-state index >= 15 is 0 Å². The predicted molar refractivity (Wildman–Crippen MR) is 95.0 cm³/mol. The minimum atomic E-state index is 0.453. The molecule has 0 atom stereocenters. The highest BCUT2D eigenvalue weighted by molar-refractivity contribution is 7.80. The van der Waals surface area contributed by atoms with Crippen molar-refractivity contribution >= 4 is 22.9 Å². The van der Waals surface area contributed by atoms with E-state index < -0.39 is 0 Å². The van der Waals surface area contributed by atoms with Gasteiger partial charge in [-0.2, -0.15) is 0 Å². The molecule has 0 unspecified atom stereocenters. The maximum absolute atomic E-state index is 5.68. The molecule has 0 radical (unpaired) electrons. The van der Waals surface area contributed by atoms with Gasteiger partial charge in [-0.15, -0.1) is 0 Å². The quantitative estimate of drug-likeness (QED) is 0.623. The van der Waals surface area contributed by atoms with E-state index in [-0.39, 0.29) is 0 Å². The van der Waals surface area contributed by atoms with Crippen LogP contribution in [-0.2, 0) is 6.42 Å². The van der Waals surface area contributed by atoms with E-state index in [9.17, 15) is 0 Å². The van der Waals surface area contributed by atoms with E-state index in [4.69, 9.17) is 18.0 Å². The highest BCUT2D eigenvalue weighted by atomic mass is 32.1. The van der Waals surface area contributed by atoms with Crippen LogP contribution < -0.4 is 10.6 Å². The van der Waals surface area contributed by atoms with Crippen molar-refractivity contribution in [3.8, 4) is 0 Å². The molecular weight excluding hydrogens is 276 g/mol. The highest BCUT2D eigenvalue weighted by Crippen LogP contribution is 2.16. The lowest BCUT2D eigenvalue weighted by Crippen LogP contribution is -2.19. The average molecular weight is 298 g/mol. The van der Waals surface area contributed by atoms with Crippen LogP contribution in [0.25, 0.3) is 0 Å². The molecule has 0 spiro atoms. The minimum absolute atomic E-state index is 0.453. The first-order valence-electron chi connectivity index (χ1n) is 7.32. The van der Waals surface area contributed by atoms with Gasteiger partial charge in [-0.05, 0) is 37.0 Å². The molecule has 0 aliphatic rings. The summed E-state index contributed by atoms with van der Waals surface area (Å²) >= 11 is 5.03. The SMILES string of the molecule is CN(CCCCc1ccccc1)c1cccc(C(N)=S)c1. The Morgan fingerprint density at radius 1 is 1.05 bits per heavy atom. The first-order valence-corrected chi connectivity index (χ1v) is 7.72. The molecule has 2 rings (SSSR count). The van der Waals surface area contributed by atoms with Gasteiger partial charge in [-0.3, -0.25) is 0 Å². The summed E-state index contributed by atoms with van der Waals surface area (Å²) in [6, 6.07) is 18.8. The second kappa shape index (κ2) is 7.79. The first kappa shape index (κ1) is 15.5. The molecule has 0 saturated carbocycles. The van der Waals surface area contributed by atoms with E-state index in [1.54, 1.807) is 0 Å². The zero-order valence-corrected chi connectivity index (χ0v) is 13.3. The van der Waals surface area contributed by atoms with E-state index in [2.05, 4.69) is 54.4 Å². The second-order valence-corrected chi connectivity index (χ2v) is 5.72. The van der Waals surface area contributed by atoms with E-state index in [0.29, 0.717) is 4.99 Å². The smallest absolute Gasteiger partial charge is 0.104 e. The van der Waals surface area contributed by atoms with Crippen LogP contribution in [0.15, 0.2) is 54.6 Å². The Hall–Kier alpha value is -1.87. The highest BCUT2D eigenvalue weighted by Gasteiger charge is 2.03. The van der Waals surface area contributed by atoms with Crippen molar-refractivity contribution in [1.29, 1.82) is 0 Å². The largest absolute Gasteiger partial charge is 0.389 e. The lowest BCUT2D eigenvalue weighted by atomic mass is 10.1. The Morgan fingerprint density at radius 2 is 1.81 bits per heavy atom. The zero-order chi connectivity index (χ0) is 15.1.